The van der Waals surface area contributed by atoms with E-state index in [0.29, 0.717) is 18.4 Å². The van der Waals surface area contributed by atoms with E-state index < -0.39 is 24.1 Å². The maximum atomic E-state index is 12.6. The van der Waals surface area contributed by atoms with Gasteiger partial charge in [0.05, 0.1) is 18.1 Å². The number of nitrogens with one attached hydrogen (secondary N) is 3. The molecule has 1 rings (SSSR count). The van der Waals surface area contributed by atoms with E-state index in [-0.39, 0.29) is 24.2 Å². The van der Waals surface area contributed by atoms with Crippen LogP contribution in [0.3, 0.4) is 0 Å². The van der Waals surface area contributed by atoms with Gasteiger partial charge in [-0.3, -0.25) is 14.4 Å². The molecule has 150 valence electrons. The summed E-state index contributed by atoms with van der Waals surface area (Å²) in [5, 5.41) is 18.3. The van der Waals surface area contributed by atoms with E-state index in [2.05, 4.69) is 29.8 Å². The minimum Gasteiger partial charge on any atom is -0.391 e. The summed E-state index contributed by atoms with van der Waals surface area (Å²) in [6, 6.07) is -1.95. The number of nitrogens with two attached hydrogens (primary N) is 1. The van der Waals surface area contributed by atoms with Gasteiger partial charge in [0.25, 0.3) is 0 Å². The zero-order valence-corrected chi connectivity index (χ0v) is 16.2. The fourth-order valence-corrected chi connectivity index (χ4v) is 3.34. The first-order chi connectivity index (χ1) is 12.1. The predicted octanol–water partition coefficient (Wildman–Crippen LogP) is -0.844. The van der Waals surface area contributed by atoms with E-state index >= 15 is 0 Å². The molecule has 0 saturated carbocycles. The topological polar surface area (TPSA) is 134 Å². The van der Waals surface area contributed by atoms with Crippen LogP contribution in [0.1, 0.15) is 40.5 Å². The lowest BCUT2D eigenvalue weighted by Crippen LogP contribution is -2.58. The maximum Gasteiger partial charge on any atom is 0.245 e. The van der Waals surface area contributed by atoms with Gasteiger partial charge in [-0.15, -0.1) is 0 Å². The number of carbonyl (C=O) groups is 3. The molecule has 0 aromatic rings. The number of ketones is 1. The molecule has 0 spiro atoms. The van der Waals surface area contributed by atoms with Gasteiger partial charge >= 0.3 is 0 Å². The molecule has 0 aromatic carbocycles. The third kappa shape index (κ3) is 7.01. The number of piperidine rings is 1. The van der Waals surface area contributed by atoms with Gasteiger partial charge in [0.2, 0.25) is 11.8 Å². The van der Waals surface area contributed by atoms with E-state index in [4.69, 9.17) is 5.73 Å². The number of carbonyl (C=O) groups excluding carboxylic acids is 3. The number of amides is 2. The van der Waals surface area contributed by atoms with Crippen molar-refractivity contribution in [2.24, 2.45) is 23.5 Å². The highest BCUT2D eigenvalue weighted by Crippen LogP contribution is 2.23. The number of aliphatic hydroxyl groups is 1. The molecule has 0 unspecified atom stereocenters. The summed E-state index contributed by atoms with van der Waals surface area (Å²) < 4.78 is 0. The second-order valence-corrected chi connectivity index (χ2v) is 7.72. The lowest BCUT2D eigenvalue weighted by molar-refractivity contribution is -0.135. The van der Waals surface area contributed by atoms with Crippen LogP contribution in [0.15, 0.2) is 0 Å². The van der Waals surface area contributed by atoms with Gasteiger partial charge < -0.3 is 26.8 Å². The summed E-state index contributed by atoms with van der Waals surface area (Å²) in [6.45, 7) is 8.46. The Morgan fingerprint density at radius 2 is 1.85 bits per heavy atom. The molecule has 1 aliphatic rings. The highest BCUT2D eigenvalue weighted by molar-refractivity contribution is 5.92. The van der Waals surface area contributed by atoms with E-state index in [9.17, 15) is 19.5 Å². The average Bonchev–Trinajstić information content (AvgIpc) is 2.56. The van der Waals surface area contributed by atoms with Crippen LogP contribution in [0.5, 0.6) is 0 Å². The highest BCUT2D eigenvalue weighted by Gasteiger charge is 2.33. The summed E-state index contributed by atoms with van der Waals surface area (Å²) in [7, 11) is 0. The van der Waals surface area contributed by atoms with Gasteiger partial charge in [0, 0.05) is 13.1 Å². The summed E-state index contributed by atoms with van der Waals surface area (Å²) in [6.07, 6.45) is 0.699. The summed E-state index contributed by atoms with van der Waals surface area (Å²) in [4.78, 5) is 36.4. The van der Waals surface area contributed by atoms with Crippen LogP contribution in [-0.4, -0.2) is 60.5 Å². The van der Waals surface area contributed by atoms with Crippen LogP contribution in [0, 0.1) is 17.8 Å². The van der Waals surface area contributed by atoms with Gasteiger partial charge in [-0.2, -0.15) is 0 Å². The highest BCUT2D eigenvalue weighted by atomic mass is 16.3. The van der Waals surface area contributed by atoms with Crippen molar-refractivity contribution in [3.8, 4) is 0 Å². The maximum absolute atomic E-state index is 12.6. The van der Waals surface area contributed by atoms with Crippen molar-refractivity contribution >= 4 is 17.6 Å². The predicted molar refractivity (Wildman–Crippen MR) is 99.2 cm³/mol. The van der Waals surface area contributed by atoms with Gasteiger partial charge in [-0.25, -0.2) is 0 Å². The van der Waals surface area contributed by atoms with Crippen molar-refractivity contribution in [1.82, 2.24) is 16.0 Å². The van der Waals surface area contributed by atoms with Crippen LogP contribution in [-0.2, 0) is 14.4 Å². The van der Waals surface area contributed by atoms with Gasteiger partial charge in [0.1, 0.15) is 6.04 Å². The van der Waals surface area contributed by atoms with E-state index in [0.717, 1.165) is 19.4 Å². The lowest BCUT2D eigenvalue weighted by Gasteiger charge is -2.32. The Morgan fingerprint density at radius 1 is 1.19 bits per heavy atom. The fraction of sp³-hybridized carbons (Fsp3) is 0.833. The Morgan fingerprint density at radius 3 is 2.35 bits per heavy atom. The normalized spacial score (nSPS) is 23.8. The van der Waals surface area contributed by atoms with Crippen LogP contribution in [0.25, 0.3) is 0 Å². The van der Waals surface area contributed by atoms with Gasteiger partial charge in [-0.05, 0) is 45.1 Å². The summed E-state index contributed by atoms with van der Waals surface area (Å²) >= 11 is 0. The molecule has 0 bridgehead atoms. The molecule has 1 aliphatic heterocycles. The van der Waals surface area contributed by atoms with Gasteiger partial charge in [-0.1, -0.05) is 13.8 Å². The van der Waals surface area contributed by atoms with Crippen LogP contribution in [0.2, 0.25) is 0 Å². The Bertz CT molecular complexity index is 496. The molecule has 6 N–H and O–H groups in total. The number of Topliss-reactive ketones (excluding diaryl/α,β-unsaturated/α-hetero) is 1. The van der Waals surface area contributed by atoms with Crippen molar-refractivity contribution in [3.05, 3.63) is 0 Å². The van der Waals surface area contributed by atoms with E-state index in [1.807, 2.05) is 0 Å². The van der Waals surface area contributed by atoms with E-state index in [1.165, 1.54) is 13.8 Å². The van der Waals surface area contributed by atoms with Crippen molar-refractivity contribution in [2.45, 2.75) is 58.7 Å². The zero-order chi connectivity index (χ0) is 19.9. The first kappa shape index (κ1) is 22.5. The molecule has 1 heterocycles. The molecule has 5 atom stereocenters. The number of hydrogen-bond acceptors (Lipinski definition) is 6. The Kier molecular flexibility index (Phi) is 9.18. The minimum atomic E-state index is -1.12. The average molecular weight is 370 g/mol. The standard InChI is InChI=1S/C18H34N4O4/c1-10(2)5-13-6-14(9-20-8-13)17(25)22-16(12(4)24)18(26)21-15(7-19)11(3)23/h10,12-16,20,24H,5-9,19H2,1-4H3,(H,21,26)(H,22,25)/t12-,13-,14-,15+,16-/m0/s1. The Hall–Kier alpha value is -1.51. The number of aliphatic hydroxyl groups excluding tert-OH is 1. The number of rotatable bonds is 9. The van der Waals surface area contributed by atoms with Crippen molar-refractivity contribution in [3.63, 3.8) is 0 Å². The van der Waals surface area contributed by atoms with Crippen molar-refractivity contribution in [2.75, 3.05) is 19.6 Å². The second kappa shape index (κ2) is 10.6. The molecule has 0 radical (unpaired) electrons. The monoisotopic (exact) mass is 370 g/mol. The summed E-state index contributed by atoms with van der Waals surface area (Å²) in [5.74, 6) is -0.429. The molecular weight excluding hydrogens is 336 g/mol. The molecule has 1 saturated heterocycles. The van der Waals surface area contributed by atoms with Crippen LogP contribution in [0.4, 0.5) is 0 Å². The molecule has 8 heteroatoms. The number of hydrogen-bond donors (Lipinski definition) is 5. The van der Waals surface area contributed by atoms with Crippen molar-refractivity contribution in [1.29, 1.82) is 0 Å². The van der Waals surface area contributed by atoms with Gasteiger partial charge in [0.15, 0.2) is 5.78 Å². The Balaban J connectivity index is 2.69. The third-order valence-corrected chi connectivity index (χ3v) is 4.72. The largest absolute Gasteiger partial charge is 0.391 e. The molecule has 26 heavy (non-hydrogen) atoms. The molecule has 1 fully saturated rings. The SMILES string of the molecule is CC(=O)[C@@H](CN)NC(=O)[C@@H](NC(=O)[C@@H]1CNC[C@@H](CC(C)C)C1)[C@H](C)O. The molecule has 0 aromatic heterocycles. The lowest BCUT2D eigenvalue weighted by atomic mass is 9.84. The quantitative estimate of drug-likeness (QED) is 0.359. The first-order valence-corrected chi connectivity index (χ1v) is 9.35. The molecule has 8 nitrogen and oxygen atoms in total. The minimum absolute atomic E-state index is 0.0367. The Labute approximate surface area is 155 Å². The molecule has 2 amide bonds. The smallest absolute Gasteiger partial charge is 0.245 e. The summed E-state index contributed by atoms with van der Waals surface area (Å²) in [5.41, 5.74) is 5.48. The van der Waals surface area contributed by atoms with Crippen molar-refractivity contribution < 1.29 is 19.5 Å². The third-order valence-electron chi connectivity index (χ3n) is 4.72. The van der Waals surface area contributed by atoms with Crippen LogP contribution >= 0.6 is 0 Å². The zero-order valence-electron chi connectivity index (χ0n) is 16.2. The fourth-order valence-electron chi connectivity index (χ4n) is 3.34. The van der Waals surface area contributed by atoms with Crippen LogP contribution < -0.4 is 21.7 Å². The molecule has 0 aliphatic carbocycles. The second-order valence-electron chi connectivity index (χ2n) is 7.72. The van der Waals surface area contributed by atoms with E-state index in [1.54, 1.807) is 0 Å². The first-order valence-electron chi connectivity index (χ1n) is 9.35. The molecular formula is C18H34N4O4.